The molecular weight excluding hydrogens is 204 g/mol. The molecule has 0 bridgehead atoms. The first-order valence-corrected chi connectivity index (χ1v) is 5.04. The summed E-state index contributed by atoms with van der Waals surface area (Å²) in [5, 5.41) is 37.2. The van der Waals surface area contributed by atoms with Crippen molar-refractivity contribution in [3.8, 4) is 0 Å². The van der Waals surface area contributed by atoms with E-state index in [1.54, 1.807) is 0 Å². The minimum Gasteiger partial charge on any atom is -0.394 e. The molecule has 0 spiro atoms. The lowest BCUT2D eigenvalue weighted by atomic mass is 9.99. The van der Waals surface area contributed by atoms with Crippen LogP contribution in [-0.2, 0) is 9.47 Å². The lowest BCUT2D eigenvalue weighted by Crippen LogP contribution is -2.59. The third kappa shape index (κ3) is 2.87. The minimum absolute atomic E-state index is 0.378. The van der Waals surface area contributed by atoms with E-state index in [0.29, 0.717) is 6.61 Å². The SMILES string of the molecule is CCCO[C@@H]1O[C@H](CO)[C@@H](O)[C@@H](O)[C@H]1O. The average Bonchev–Trinajstić information content (AvgIpc) is 2.25. The van der Waals surface area contributed by atoms with Gasteiger partial charge in [-0.15, -0.1) is 0 Å². The summed E-state index contributed by atoms with van der Waals surface area (Å²) in [6.07, 6.45) is -5.14. The molecule has 1 fully saturated rings. The fraction of sp³-hybridized carbons (Fsp3) is 1.00. The van der Waals surface area contributed by atoms with E-state index < -0.39 is 37.3 Å². The number of aliphatic hydroxyl groups excluding tert-OH is 4. The van der Waals surface area contributed by atoms with Crippen molar-refractivity contribution < 1.29 is 29.9 Å². The Balaban J connectivity index is 2.57. The van der Waals surface area contributed by atoms with Gasteiger partial charge >= 0.3 is 0 Å². The van der Waals surface area contributed by atoms with Crippen LogP contribution in [0.25, 0.3) is 0 Å². The van der Waals surface area contributed by atoms with E-state index in [2.05, 4.69) is 0 Å². The molecule has 0 radical (unpaired) electrons. The zero-order valence-electron chi connectivity index (χ0n) is 8.61. The van der Waals surface area contributed by atoms with Crippen LogP contribution in [0.15, 0.2) is 0 Å². The van der Waals surface area contributed by atoms with Crippen molar-refractivity contribution in [2.45, 2.75) is 44.1 Å². The smallest absolute Gasteiger partial charge is 0.186 e. The maximum absolute atomic E-state index is 9.51. The summed E-state index contributed by atoms with van der Waals surface area (Å²) in [6.45, 7) is 1.84. The van der Waals surface area contributed by atoms with Crippen LogP contribution in [0, 0.1) is 0 Å². The van der Waals surface area contributed by atoms with Gasteiger partial charge in [-0.05, 0) is 6.42 Å². The largest absolute Gasteiger partial charge is 0.394 e. The van der Waals surface area contributed by atoms with Gasteiger partial charge in [0.25, 0.3) is 0 Å². The molecule has 0 aromatic rings. The molecule has 0 aromatic heterocycles. The quantitative estimate of drug-likeness (QED) is 0.448. The van der Waals surface area contributed by atoms with Crippen molar-refractivity contribution in [2.75, 3.05) is 13.2 Å². The van der Waals surface area contributed by atoms with Crippen LogP contribution in [0.5, 0.6) is 0 Å². The highest BCUT2D eigenvalue weighted by Gasteiger charge is 2.43. The van der Waals surface area contributed by atoms with E-state index in [4.69, 9.17) is 14.6 Å². The summed E-state index contributed by atoms with van der Waals surface area (Å²) in [6, 6.07) is 0. The van der Waals surface area contributed by atoms with Crippen LogP contribution in [0.1, 0.15) is 13.3 Å². The maximum Gasteiger partial charge on any atom is 0.186 e. The zero-order chi connectivity index (χ0) is 11.4. The Kier molecular flexibility index (Phi) is 4.91. The first-order chi connectivity index (χ1) is 7.11. The molecule has 1 saturated heterocycles. The molecule has 90 valence electrons. The van der Waals surface area contributed by atoms with Crippen molar-refractivity contribution in [3.05, 3.63) is 0 Å². The van der Waals surface area contributed by atoms with Crippen molar-refractivity contribution >= 4 is 0 Å². The van der Waals surface area contributed by atoms with Gasteiger partial charge in [-0.3, -0.25) is 0 Å². The topological polar surface area (TPSA) is 99.4 Å². The van der Waals surface area contributed by atoms with Crippen LogP contribution in [0.2, 0.25) is 0 Å². The average molecular weight is 222 g/mol. The number of aliphatic hydroxyl groups is 4. The molecule has 0 saturated carbocycles. The number of rotatable bonds is 4. The third-order valence-electron chi connectivity index (χ3n) is 2.33. The van der Waals surface area contributed by atoms with Crippen LogP contribution in [-0.4, -0.2) is 64.3 Å². The first kappa shape index (κ1) is 12.8. The highest BCUT2D eigenvalue weighted by atomic mass is 16.7. The third-order valence-corrected chi connectivity index (χ3v) is 2.33. The number of hydrogen-bond donors (Lipinski definition) is 4. The summed E-state index contributed by atoms with van der Waals surface area (Å²) in [4.78, 5) is 0. The summed E-state index contributed by atoms with van der Waals surface area (Å²) in [5.74, 6) is 0. The number of ether oxygens (including phenoxy) is 2. The van der Waals surface area contributed by atoms with Gasteiger partial charge in [0.15, 0.2) is 6.29 Å². The molecule has 6 nitrogen and oxygen atoms in total. The van der Waals surface area contributed by atoms with Crippen LogP contribution in [0.3, 0.4) is 0 Å². The Labute approximate surface area is 88.1 Å². The molecule has 0 aliphatic carbocycles. The summed E-state index contributed by atoms with van der Waals surface area (Å²) >= 11 is 0. The van der Waals surface area contributed by atoms with E-state index in [1.807, 2.05) is 6.92 Å². The van der Waals surface area contributed by atoms with E-state index in [0.717, 1.165) is 6.42 Å². The summed E-state index contributed by atoms with van der Waals surface area (Å²) in [7, 11) is 0. The van der Waals surface area contributed by atoms with Crippen LogP contribution >= 0.6 is 0 Å². The first-order valence-electron chi connectivity index (χ1n) is 5.04. The van der Waals surface area contributed by atoms with E-state index >= 15 is 0 Å². The second kappa shape index (κ2) is 5.74. The van der Waals surface area contributed by atoms with E-state index in [9.17, 15) is 15.3 Å². The summed E-state index contributed by atoms with van der Waals surface area (Å²) in [5.41, 5.74) is 0. The van der Waals surface area contributed by atoms with Gasteiger partial charge in [0.1, 0.15) is 24.4 Å². The van der Waals surface area contributed by atoms with E-state index in [-0.39, 0.29) is 0 Å². The van der Waals surface area contributed by atoms with Crippen molar-refractivity contribution in [1.82, 2.24) is 0 Å². The highest BCUT2D eigenvalue weighted by Crippen LogP contribution is 2.21. The monoisotopic (exact) mass is 222 g/mol. The Hall–Kier alpha value is -0.240. The fourth-order valence-electron chi connectivity index (χ4n) is 1.44. The van der Waals surface area contributed by atoms with Crippen molar-refractivity contribution in [2.24, 2.45) is 0 Å². The molecule has 0 unspecified atom stereocenters. The molecule has 6 heteroatoms. The second-order valence-corrected chi connectivity index (χ2v) is 3.57. The molecule has 15 heavy (non-hydrogen) atoms. The molecule has 1 heterocycles. The van der Waals surface area contributed by atoms with Gasteiger partial charge in [0.05, 0.1) is 6.61 Å². The normalized spacial score (nSPS) is 41.8. The van der Waals surface area contributed by atoms with Gasteiger partial charge in [-0.2, -0.15) is 0 Å². The molecule has 1 rings (SSSR count). The molecule has 1 aliphatic heterocycles. The predicted molar refractivity (Wildman–Crippen MR) is 50.0 cm³/mol. The fourth-order valence-corrected chi connectivity index (χ4v) is 1.44. The molecule has 0 aromatic carbocycles. The Bertz CT molecular complexity index is 185. The molecule has 1 aliphatic rings. The lowest BCUT2D eigenvalue weighted by Gasteiger charge is -2.39. The Morgan fingerprint density at radius 2 is 1.80 bits per heavy atom. The maximum atomic E-state index is 9.51. The molecular formula is C9H18O6. The zero-order valence-corrected chi connectivity index (χ0v) is 8.61. The van der Waals surface area contributed by atoms with Crippen molar-refractivity contribution in [3.63, 3.8) is 0 Å². The van der Waals surface area contributed by atoms with Gasteiger partial charge in [-0.25, -0.2) is 0 Å². The highest BCUT2D eigenvalue weighted by molar-refractivity contribution is 4.88. The van der Waals surface area contributed by atoms with Gasteiger partial charge in [0.2, 0.25) is 0 Å². The van der Waals surface area contributed by atoms with E-state index in [1.165, 1.54) is 0 Å². The van der Waals surface area contributed by atoms with Crippen molar-refractivity contribution in [1.29, 1.82) is 0 Å². The van der Waals surface area contributed by atoms with Crippen LogP contribution < -0.4 is 0 Å². The second-order valence-electron chi connectivity index (χ2n) is 3.57. The van der Waals surface area contributed by atoms with Crippen LogP contribution in [0.4, 0.5) is 0 Å². The standard InChI is InChI=1S/C9H18O6/c1-2-3-14-9-8(13)7(12)6(11)5(4-10)15-9/h5-13H,2-4H2,1H3/t5-,6-,7-,8-,9-/m1/s1. The lowest BCUT2D eigenvalue weighted by molar-refractivity contribution is -0.300. The Morgan fingerprint density at radius 3 is 2.33 bits per heavy atom. The summed E-state index contributed by atoms with van der Waals surface area (Å²) < 4.78 is 10.2. The van der Waals surface area contributed by atoms with Gasteiger partial charge in [-0.1, -0.05) is 6.92 Å². The molecule has 5 atom stereocenters. The Morgan fingerprint density at radius 1 is 1.13 bits per heavy atom. The number of hydrogen-bond acceptors (Lipinski definition) is 6. The van der Waals surface area contributed by atoms with Gasteiger partial charge < -0.3 is 29.9 Å². The predicted octanol–water partition coefficient (Wildman–Crippen LogP) is -1.79. The molecule has 4 N–H and O–H groups in total. The minimum atomic E-state index is -1.36. The molecule has 0 amide bonds. The van der Waals surface area contributed by atoms with Gasteiger partial charge in [0, 0.05) is 6.61 Å².